The number of hydrogen-bond acceptors (Lipinski definition) is 6. The number of nitrogens with zero attached hydrogens (tertiary/aromatic N) is 3. The quantitative estimate of drug-likeness (QED) is 0.793. The van der Waals surface area contributed by atoms with E-state index in [9.17, 15) is 0 Å². The van der Waals surface area contributed by atoms with Gasteiger partial charge in [0.25, 0.3) is 5.89 Å². The van der Waals surface area contributed by atoms with Gasteiger partial charge in [-0.25, -0.2) is 4.98 Å². The molecule has 3 rings (SSSR count). The summed E-state index contributed by atoms with van der Waals surface area (Å²) in [7, 11) is 0. The molecule has 0 bridgehead atoms. The third kappa shape index (κ3) is 2.22. The van der Waals surface area contributed by atoms with Gasteiger partial charge in [-0.3, -0.25) is 0 Å². The summed E-state index contributed by atoms with van der Waals surface area (Å²) >= 11 is 1.36. The fourth-order valence-corrected chi connectivity index (χ4v) is 2.54. The average Bonchev–Trinajstić information content (AvgIpc) is 3.05. The van der Waals surface area contributed by atoms with E-state index < -0.39 is 0 Å². The zero-order valence-corrected chi connectivity index (χ0v) is 11.1. The second kappa shape index (κ2) is 4.81. The van der Waals surface area contributed by atoms with Gasteiger partial charge >= 0.3 is 0 Å². The number of rotatable bonds is 3. The second-order valence-electron chi connectivity index (χ2n) is 3.97. The number of nitrogens with two attached hydrogens (primary N) is 1. The Bertz CT molecular complexity index is 690. The molecule has 0 radical (unpaired) electrons. The Hall–Kier alpha value is -2.21. The Morgan fingerprint density at radius 1 is 1.21 bits per heavy atom. The summed E-state index contributed by atoms with van der Waals surface area (Å²) in [6.07, 6.45) is 0.735. The highest BCUT2D eigenvalue weighted by Gasteiger charge is 2.18. The van der Waals surface area contributed by atoms with Crippen LogP contribution in [0.5, 0.6) is 0 Å². The maximum Gasteiger partial charge on any atom is 0.270 e. The molecule has 5 nitrogen and oxygen atoms in total. The summed E-state index contributed by atoms with van der Waals surface area (Å²) in [4.78, 5) is 9.51. The monoisotopic (exact) mass is 272 g/mol. The van der Waals surface area contributed by atoms with E-state index in [1.54, 1.807) is 0 Å². The number of benzene rings is 1. The first kappa shape index (κ1) is 11.9. The lowest BCUT2D eigenvalue weighted by Gasteiger charge is -1.97. The smallest absolute Gasteiger partial charge is 0.270 e. The van der Waals surface area contributed by atoms with Crippen LogP contribution in [0.1, 0.15) is 12.7 Å². The van der Waals surface area contributed by atoms with Crippen molar-refractivity contribution in [3.8, 4) is 22.0 Å². The van der Waals surface area contributed by atoms with Gasteiger partial charge in [0.1, 0.15) is 4.88 Å². The van der Waals surface area contributed by atoms with E-state index in [0.29, 0.717) is 16.8 Å². The minimum Gasteiger partial charge on any atom is -0.375 e. The van der Waals surface area contributed by atoms with Gasteiger partial charge in [-0.1, -0.05) is 53.7 Å². The lowest BCUT2D eigenvalue weighted by atomic mass is 10.1. The molecule has 2 heterocycles. The van der Waals surface area contributed by atoms with E-state index in [2.05, 4.69) is 15.1 Å². The highest BCUT2D eigenvalue weighted by atomic mass is 32.1. The largest absolute Gasteiger partial charge is 0.375 e. The molecule has 19 heavy (non-hydrogen) atoms. The average molecular weight is 272 g/mol. The molecule has 0 unspecified atom stereocenters. The zero-order valence-electron chi connectivity index (χ0n) is 10.3. The maximum absolute atomic E-state index is 5.81. The summed E-state index contributed by atoms with van der Waals surface area (Å²) in [6.45, 7) is 1.98. The standard InChI is InChI=1S/C13H12N4OS/c1-2-9-15-12(18-17-9)11-10(16-13(14)19-11)8-6-4-3-5-7-8/h3-7H,2H2,1H3,(H2,14,16). The molecule has 0 fully saturated rings. The number of aromatic nitrogens is 3. The van der Waals surface area contributed by atoms with Gasteiger partial charge in [-0.05, 0) is 0 Å². The number of anilines is 1. The number of hydrogen-bond donors (Lipinski definition) is 1. The normalized spacial score (nSPS) is 10.8. The molecular weight excluding hydrogens is 260 g/mol. The lowest BCUT2D eigenvalue weighted by molar-refractivity contribution is 0.424. The molecular formula is C13H12N4OS. The van der Waals surface area contributed by atoms with Crippen molar-refractivity contribution < 1.29 is 4.52 Å². The Kier molecular flexibility index (Phi) is 3.00. The van der Waals surface area contributed by atoms with Crippen molar-refractivity contribution in [3.05, 3.63) is 36.2 Å². The number of nitrogen functional groups attached to an aromatic ring is 1. The van der Waals surface area contributed by atoms with Crippen LogP contribution in [-0.2, 0) is 6.42 Å². The number of aryl methyl sites for hydroxylation is 1. The molecule has 0 aliphatic heterocycles. The van der Waals surface area contributed by atoms with Crippen LogP contribution in [0.2, 0.25) is 0 Å². The van der Waals surface area contributed by atoms with Gasteiger partial charge in [0.15, 0.2) is 11.0 Å². The van der Waals surface area contributed by atoms with Gasteiger partial charge in [-0.2, -0.15) is 4.98 Å². The third-order valence-electron chi connectivity index (χ3n) is 2.67. The van der Waals surface area contributed by atoms with Crippen molar-refractivity contribution >= 4 is 16.5 Å². The molecule has 0 spiro atoms. The number of thiazole rings is 1. The van der Waals surface area contributed by atoms with Crippen LogP contribution in [0.15, 0.2) is 34.9 Å². The minimum absolute atomic E-state index is 0.477. The van der Waals surface area contributed by atoms with E-state index in [0.717, 1.165) is 22.6 Å². The van der Waals surface area contributed by atoms with E-state index in [-0.39, 0.29) is 0 Å². The van der Waals surface area contributed by atoms with Crippen molar-refractivity contribution in [2.24, 2.45) is 0 Å². The molecule has 2 N–H and O–H groups in total. The minimum atomic E-state index is 0.477. The fourth-order valence-electron chi connectivity index (χ4n) is 1.76. The van der Waals surface area contributed by atoms with Gasteiger partial charge in [0.2, 0.25) is 0 Å². The third-order valence-corrected chi connectivity index (χ3v) is 3.54. The Morgan fingerprint density at radius 3 is 2.68 bits per heavy atom. The topological polar surface area (TPSA) is 77.8 Å². The summed E-state index contributed by atoms with van der Waals surface area (Å²) in [5, 5.41) is 4.40. The molecule has 3 aromatic rings. The van der Waals surface area contributed by atoms with Crippen LogP contribution in [0.3, 0.4) is 0 Å². The van der Waals surface area contributed by atoms with Crippen LogP contribution in [0.4, 0.5) is 5.13 Å². The molecule has 96 valence electrons. The first-order chi connectivity index (χ1) is 9.28. The molecule has 0 amide bonds. The summed E-state index contributed by atoms with van der Waals surface area (Å²) in [5.41, 5.74) is 7.59. The zero-order chi connectivity index (χ0) is 13.2. The van der Waals surface area contributed by atoms with Crippen molar-refractivity contribution in [1.29, 1.82) is 0 Å². The molecule has 2 aromatic heterocycles. The molecule has 6 heteroatoms. The summed E-state index contributed by atoms with van der Waals surface area (Å²) in [6, 6.07) is 9.84. The lowest BCUT2D eigenvalue weighted by Crippen LogP contribution is -1.85. The van der Waals surface area contributed by atoms with Gasteiger partial charge in [0.05, 0.1) is 5.69 Å². The van der Waals surface area contributed by atoms with Crippen LogP contribution in [-0.4, -0.2) is 15.1 Å². The predicted octanol–water partition coefficient (Wildman–Crippen LogP) is 3.00. The first-order valence-corrected chi connectivity index (χ1v) is 6.74. The van der Waals surface area contributed by atoms with Crippen molar-refractivity contribution in [2.75, 3.05) is 5.73 Å². The van der Waals surface area contributed by atoms with Crippen LogP contribution < -0.4 is 5.73 Å². The molecule has 1 aromatic carbocycles. The first-order valence-electron chi connectivity index (χ1n) is 5.92. The molecule has 0 saturated heterocycles. The van der Waals surface area contributed by atoms with Crippen molar-refractivity contribution in [2.45, 2.75) is 13.3 Å². The highest BCUT2D eigenvalue weighted by molar-refractivity contribution is 7.19. The SMILES string of the molecule is CCc1noc(-c2sc(N)nc2-c2ccccc2)n1. The van der Waals surface area contributed by atoms with E-state index in [1.807, 2.05) is 37.3 Å². The molecule has 0 saturated carbocycles. The van der Waals surface area contributed by atoms with Crippen molar-refractivity contribution in [3.63, 3.8) is 0 Å². The maximum atomic E-state index is 5.81. The highest BCUT2D eigenvalue weighted by Crippen LogP contribution is 2.36. The summed E-state index contributed by atoms with van der Waals surface area (Å²) < 4.78 is 5.27. The predicted molar refractivity (Wildman–Crippen MR) is 74.6 cm³/mol. The van der Waals surface area contributed by atoms with Gasteiger partial charge in [-0.15, -0.1) is 0 Å². The molecule has 0 atom stereocenters. The Balaban J connectivity index is 2.12. The van der Waals surface area contributed by atoms with E-state index in [4.69, 9.17) is 10.3 Å². The molecule has 0 aliphatic rings. The van der Waals surface area contributed by atoms with Crippen molar-refractivity contribution in [1.82, 2.24) is 15.1 Å². The van der Waals surface area contributed by atoms with Gasteiger partial charge in [0, 0.05) is 12.0 Å². The Morgan fingerprint density at radius 2 is 2.00 bits per heavy atom. The van der Waals surface area contributed by atoms with Crippen LogP contribution in [0, 0.1) is 0 Å². The fraction of sp³-hybridized carbons (Fsp3) is 0.154. The molecule has 0 aliphatic carbocycles. The summed E-state index contributed by atoms with van der Waals surface area (Å²) in [5.74, 6) is 1.16. The van der Waals surface area contributed by atoms with Crippen LogP contribution in [0.25, 0.3) is 22.0 Å². The van der Waals surface area contributed by atoms with Gasteiger partial charge < -0.3 is 10.3 Å². The van der Waals surface area contributed by atoms with Crippen LogP contribution >= 0.6 is 11.3 Å². The van der Waals surface area contributed by atoms with E-state index >= 15 is 0 Å². The van der Waals surface area contributed by atoms with E-state index in [1.165, 1.54) is 11.3 Å². The second-order valence-corrected chi connectivity index (χ2v) is 5.00. The Labute approximate surface area is 114 Å².